The van der Waals surface area contributed by atoms with Crippen LogP contribution in [0.1, 0.15) is 22.3 Å². The summed E-state index contributed by atoms with van der Waals surface area (Å²) in [5.74, 6) is -0.0242. The standard InChI is InChI=1S/C18H21ClN4O2S/c1-3-20-18(25)23-9-7-22(8-10-23)17(24)15-12(2)21-16(26-15)13-5-4-6-14(19)11-13/h4-6,11H,3,7-10H2,1-2H3,(H,20,25). The van der Waals surface area contributed by atoms with Crippen LogP contribution >= 0.6 is 22.9 Å². The number of hydrogen-bond acceptors (Lipinski definition) is 4. The van der Waals surface area contributed by atoms with Crippen molar-refractivity contribution in [3.05, 3.63) is 39.9 Å². The Kier molecular flexibility index (Phi) is 5.78. The molecule has 1 N–H and O–H groups in total. The van der Waals surface area contributed by atoms with E-state index in [2.05, 4.69) is 10.3 Å². The quantitative estimate of drug-likeness (QED) is 0.871. The van der Waals surface area contributed by atoms with Crippen LogP contribution in [0.2, 0.25) is 5.02 Å². The Morgan fingerprint density at radius 2 is 1.92 bits per heavy atom. The molecular weight excluding hydrogens is 372 g/mol. The minimum atomic E-state index is -0.0724. The lowest BCUT2D eigenvalue weighted by Crippen LogP contribution is -2.53. The molecule has 1 saturated heterocycles. The molecule has 1 fully saturated rings. The van der Waals surface area contributed by atoms with Gasteiger partial charge in [0.25, 0.3) is 5.91 Å². The lowest BCUT2D eigenvalue weighted by molar-refractivity contribution is 0.0669. The van der Waals surface area contributed by atoms with Crippen LogP contribution in [0, 0.1) is 6.92 Å². The zero-order valence-electron chi connectivity index (χ0n) is 14.8. The summed E-state index contributed by atoms with van der Waals surface area (Å²) in [7, 11) is 0. The maximum Gasteiger partial charge on any atom is 0.317 e. The number of thiazole rings is 1. The number of urea groups is 1. The first-order valence-corrected chi connectivity index (χ1v) is 9.74. The van der Waals surface area contributed by atoms with Crippen molar-refractivity contribution in [2.75, 3.05) is 32.7 Å². The van der Waals surface area contributed by atoms with E-state index < -0.39 is 0 Å². The van der Waals surface area contributed by atoms with Gasteiger partial charge in [-0.2, -0.15) is 0 Å². The van der Waals surface area contributed by atoms with E-state index >= 15 is 0 Å². The zero-order valence-corrected chi connectivity index (χ0v) is 16.4. The van der Waals surface area contributed by atoms with Crippen LogP contribution in [0.4, 0.5) is 4.79 Å². The van der Waals surface area contributed by atoms with Crippen molar-refractivity contribution >= 4 is 34.9 Å². The minimum Gasteiger partial charge on any atom is -0.338 e. The molecule has 6 nitrogen and oxygen atoms in total. The lowest BCUT2D eigenvalue weighted by Gasteiger charge is -2.34. The SMILES string of the molecule is CCNC(=O)N1CCN(C(=O)c2sc(-c3cccc(Cl)c3)nc2C)CC1. The maximum atomic E-state index is 12.9. The van der Waals surface area contributed by atoms with E-state index in [1.54, 1.807) is 9.80 Å². The zero-order chi connectivity index (χ0) is 18.7. The van der Waals surface area contributed by atoms with E-state index in [0.29, 0.717) is 42.6 Å². The number of amides is 3. The van der Waals surface area contributed by atoms with Gasteiger partial charge in [0.2, 0.25) is 0 Å². The summed E-state index contributed by atoms with van der Waals surface area (Å²) >= 11 is 7.44. The molecule has 0 atom stereocenters. The molecule has 26 heavy (non-hydrogen) atoms. The Morgan fingerprint density at radius 3 is 2.58 bits per heavy atom. The number of hydrogen-bond donors (Lipinski definition) is 1. The predicted octanol–water partition coefficient (Wildman–Crippen LogP) is 3.26. The molecule has 1 aromatic carbocycles. The number of carbonyl (C=O) groups is 2. The highest BCUT2D eigenvalue weighted by atomic mass is 35.5. The van der Waals surface area contributed by atoms with E-state index in [9.17, 15) is 9.59 Å². The highest BCUT2D eigenvalue weighted by Crippen LogP contribution is 2.30. The van der Waals surface area contributed by atoms with Gasteiger partial charge in [-0.3, -0.25) is 4.79 Å². The molecule has 2 heterocycles. The minimum absolute atomic E-state index is 0.0242. The fourth-order valence-corrected chi connectivity index (χ4v) is 4.08. The molecule has 3 rings (SSSR count). The van der Waals surface area contributed by atoms with Crippen molar-refractivity contribution in [3.63, 3.8) is 0 Å². The summed E-state index contributed by atoms with van der Waals surface area (Å²) in [6.07, 6.45) is 0. The summed E-state index contributed by atoms with van der Waals surface area (Å²) in [6, 6.07) is 7.39. The molecule has 0 spiro atoms. The second kappa shape index (κ2) is 8.05. The van der Waals surface area contributed by atoms with Crippen molar-refractivity contribution in [1.82, 2.24) is 20.1 Å². The number of aryl methyl sites for hydroxylation is 1. The number of nitrogens with one attached hydrogen (secondary N) is 1. The third kappa shape index (κ3) is 3.99. The number of piperazine rings is 1. The van der Waals surface area contributed by atoms with Gasteiger partial charge in [0.15, 0.2) is 0 Å². The first-order chi connectivity index (χ1) is 12.5. The average molecular weight is 393 g/mol. The molecule has 0 saturated carbocycles. The van der Waals surface area contributed by atoms with Gasteiger partial charge < -0.3 is 15.1 Å². The molecule has 0 unspecified atom stereocenters. The van der Waals surface area contributed by atoms with Gasteiger partial charge in [-0.15, -0.1) is 11.3 Å². The summed E-state index contributed by atoms with van der Waals surface area (Å²) in [6.45, 7) is 6.47. The molecule has 0 radical (unpaired) electrons. The Labute approximate surface area is 161 Å². The molecule has 1 aliphatic rings. The van der Waals surface area contributed by atoms with Gasteiger partial charge in [-0.05, 0) is 26.0 Å². The number of rotatable bonds is 3. The van der Waals surface area contributed by atoms with Crippen LogP contribution in [-0.2, 0) is 0 Å². The van der Waals surface area contributed by atoms with Crippen LogP contribution in [0.5, 0.6) is 0 Å². The molecular formula is C18H21ClN4O2S. The van der Waals surface area contributed by atoms with E-state index in [0.717, 1.165) is 16.3 Å². The van der Waals surface area contributed by atoms with Crippen LogP contribution in [-0.4, -0.2) is 59.4 Å². The van der Waals surface area contributed by atoms with Gasteiger partial charge in [-0.1, -0.05) is 23.7 Å². The third-order valence-electron chi connectivity index (χ3n) is 4.24. The van der Waals surface area contributed by atoms with Crippen molar-refractivity contribution in [3.8, 4) is 10.6 Å². The second-order valence-electron chi connectivity index (χ2n) is 6.06. The smallest absolute Gasteiger partial charge is 0.317 e. The van der Waals surface area contributed by atoms with E-state index in [1.165, 1.54) is 11.3 Å². The Morgan fingerprint density at radius 1 is 1.23 bits per heavy atom. The second-order valence-corrected chi connectivity index (χ2v) is 7.49. The van der Waals surface area contributed by atoms with Gasteiger partial charge in [-0.25, -0.2) is 9.78 Å². The highest BCUT2D eigenvalue weighted by molar-refractivity contribution is 7.17. The van der Waals surface area contributed by atoms with Crippen LogP contribution < -0.4 is 5.32 Å². The number of aromatic nitrogens is 1. The molecule has 3 amide bonds. The van der Waals surface area contributed by atoms with Gasteiger partial charge in [0.1, 0.15) is 9.88 Å². The third-order valence-corrected chi connectivity index (χ3v) is 5.67. The molecule has 138 valence electrons. The van der Waals surface area contributed by atoms with Gasteiger partial charge >= 0.3 is 6.03 Å². The Balaban J connectivity index is 1.70. The largest absolute Gasteiger partial charge is 0.338 e. The molecule has 0 bridgehead atoms. The van der Waals surface area contributed by atoms with Crippen molar-refractivity contribution < 1.29 is 9.59 Å². The van der Waals surface area contributed by atoms with E-state index in [-0.39, 0.29) is 11.9 Å². The molecule has 2 aromatic rings. The fourth-order valence-electron chi connectivity index (χ4n) is 2.86. The van der Waals surface area contributed by atoms with Gasteiger partial charge in [0.05, 0.1) is 5.69 Å². The summed E-state index contributed by atoms with van der Waals surface area (Å²) < 4.78 is 0. The molecule has 8 heteroatoms. The summed E-state index contributed by atoms with van der Waals surface area (Å²) in [5.41, 5.74) is 1.63. The van der Waals surface area contributed by atoms with E-state index in [1.807, 2.05) is 38.1 Å². The average Bonchev–Trinajstić information content (AvgIpc) is 3.03. The normalized spacial score (nSPS) is 14.4. The monoisotopic (exact) mass is 392 g/mol. The Hall–Kier alpha value is -2.12. The van der Waals surface area contributed by atoms with Crippen LogP contribution in [0.25, 0.3) is 10.6 Å². The van der Waals surface area contributed by atoms with Crippen molar-refractivity contribution in [2.45, 2.75) is 13.8 Å². The fraction of sp³-hybridized carbons (Fsp3) is 0.389. The first kappa shape index (κ1) is 18.7. The summed E-state index contributed by atoms with van der Waals surface area (Å²) in [4.78, 5) is 33.5. The molecule has 1 aromatic heterocycles. The Bertz CT molecular complexity index is 815. The highest BCUT2D eigenvalue weighted by Gasteiger charge is 2.27. The van der Waals surface area contributed by atoms with Crippen LogP contribution in [0.15, 0.2) is 24.3 Å². The van der Waals surface area contributed by atoms with Gasteiger partial charge in [0, 0.05) is 43.3 Å². The summed E-state index contributed by atoms with van der Waals surface area (Å²) in [5, 5.41) is 4.22. The molecule has 0 aliphatic carbocycles. The number of carbonyl (C=O) groups excluding carboxylic acids is 2. The first-order valence-electron chi connectivity index (χ1n) is 8.55. The van der Waals surface area contributed by atoms with Crippen LogP contribution in [0.3, 0.4) is 0 Å². The lowest BCUT2D eigenvalue weighted by atomic mass is 10.2. The topological polar surface area (TPSA) is 65.5 Å². The molecule has 1 aliphatic heterocycles. The predicted molar refractivity (Wildman–Crippen MR) is 104 cm³/mol. The number of halogens is 1. The van der Waals surface area contributed by atoms with E-state index in [4.69, 9.17) is 11.6 Å². The van der Waals surface area contributed by atoms with Crippen molar-refractivity contribution in [2.24, 2.45) is 0 Å². The number of nitrogens with zero attached hydrogens (tertiary/aromatic N) is 3. The maximum absolute atomic E-state index is 12.9. The van der Waals surface area contributed by atoms with Crippen molar-refractivity contribution in [1.29, 1.82) is 0 Å². The number of benzene rings is 1.